The third kappa shape index (κ3) is 2.79. The lowest BCUT2D eigenvalue weighted by Gasteiger charge is -2.06. The number of carbonyl (C=O) groups is 1. The summed E-state index contributed by atoms with van der Waals surface area (Å²) in [5.74, 6) is 0.818. The molecule has 112 valence electrons. The number of pyridine rings is 1. The molecule has 3 aromatic rings. The number of nitrogens with one attached hydrogen (secondary N) is 1. The molecular formula is C16H12ClNO2S2. The van der Waals surface area contributed by atoms with Crippen molar-refractivity contribution in [3.05, 3.63) is 45.8 Å². The number of aromatic amines is 1. The highest BCUT2D eigenvalue weighted by atomic mass is 35.5. The molecule has 0 saturated carbocycles. The highest BCUT2D eigenvalue weighted by Gasteiger charge is 2.13. The zero-order valence-electron chi connectivity index (χ0n) is 11.7. The Bertz CT molecular complexity index is 897. The topological polar surface area (TPSA) is 42.1 Å². The lowest BCUT2D eigenvalue weighted by Crippen LogP contribution is -1.92. The largest absolute Gasteiger partial charge is 0.494 e. The van der Waals surface area contributed by atoms with Crippen molar-refractivity contribution in [2.45, 2.75) is 6.92 Å². The van der Waals surface area contributed by atoms with Crippen molar-refractivity contribution in [3.8, 4) is 17.0 Å². The Morgan fingerprint density at radius 2 is 2.09 bits per heavy atom. The van der Waals surface area contributed by atoms with Gasteiger partial charge in [0.15, 0.2) is 0 Å². The number of H-pyrrole nitrogens is 1. The van der Waals surface area contributed by atoms with Crippen LogP contribution in [-0.4, -0.2) is 16.8 Å². The van der Waals surface area contributed by atoms with Crippen LogP contribution in [0.5, 0.6) is 5.75 Å². The lowest BCUT2D eigenvalue weighted by molar-refractivity contribution is 0.108. The maximum atomic E-state index is 11.5. The van der Waals surface area contributed by atoms with Gasteiger partial charge in [-0.1, -0.05) is 12.2 Å². The minimum absolute atomic E-state index is 0.459. The van der Waals surface area contributed by atoms with Gasteiger partial charge in [-0.3, -0.25) is 4.79 Å². The van der Waals surface area contributed by atoms with Crippen LogP contribution in [0.25, 0.3) is 21.5 Å². The predicted octanol–water partition coefficient (Wildman–Crippen LogP) is 5.40. The molecule has 0 atom stereocenters. The van der Waals surface area contributed by atoms with E-state index in [0.717, 1.165) is 21.7 Å². The van der Waals surface area contributed by atoms with Gasteiger partial charge in [-0.15, -0.1) is 11.3 Å². The van der Waals surface area contributed by atoms with Crippen molar-refractivity contribution in [1.29, 1.82) is 0 Å². The van der Waals surface area contributed by atoms with E-state index in [1.165, 1.54) is 11.3 Å². The van der Waals surface area contributed by atoms with E-state index >= 15 is 0 Å². The Kier molecular flexibility index (Phi) is 4.29. The van der Waals surface area contributed by atoms with Crippen LogP contribution >= 0.6 is 35.2 Å². The third-order valence-electron chi connectivity index (χ3n) is 3.24. The first-order valence-electron chi connectivity index (χ1n) is 6.67. The molecule has 0 aliphatic rings. The molecule has 1 aromatic carbocycles. The standard InChI is InChI=1S/C16H12ClNO2S2/c1-2-20-10-5-3-9(4-6-10)12-7-13(21)15-14(18-12)11(8-22-15)16(17)19/h3-8H,2H2,1H3,(H,18,21). The van der Waals surface area contributed by atoms with Crippen molar-refractivity contribution >= 4 is 50.6 Å². The molecular weight excluding hydrogens is 338 g/mol. The van der Waals surface area contributed by atoms with Gasteiger partial charge in [-0.25, -0.2) is 0 Å². The van der Waals surface area contributed by atoms with Crippen LogP contribution in [-0.2, 0) is 0 Å². The van der Waals surface area contributed by atoms with Gasteiger partial charge in [0.2, 0.25) is 0 Å². The molecule has 0 spiro atoms. The van der Waals surface area contributed by atoms with E-state index in [0.29, 0.717) is 22.2 Å². The molecule has 0 aliphatic carbocycles. The molecule has 22 heavy (non-hydrogen) atoms. The monoisotopic (exact) mass is 349 g/mol. The minimum Gasteiger partial charge on any atom is -0.494 e. The summed E-state index contributed by atoms with van der Waals surface area (Å²) in [6.07, 6.45) is 0. The summed E-state index contributed by atoms with van der Waals surface area (Å²) in [6.45, 7) is 2.57. The summed E-state index contributed by atoms with van der Waals surface area (Å²) in [5, 5.41) is 1.25. The van der Waals surface area contributed by atoms with Gasteiger partial charge in [-0.2, -0.15) is 0 Å². The van der Waals surface area contributed by atoms with Crippen LogP contribution in [0, 0.1) is 4.51 Å². The van der Waals surface area contributed by atoms with Crippen molar-refractivity contribution in [2.24, 2.45) is 0 Å². The number of aromatic nitrogens is 1. The molecule has 0 amide bonds. The first kappa shape index (κ1) is 15.2. The molecule has 0 bridgehead atoms. The van der Waals surface area contributed by atoms with E-state index in [2.05, 4.69) is 4.98 Å². The fourth-order valence-electron chi connectivity index (χ4n) is 2.23. The van der Waals surface area contributed by atoms with E-state index in [1.807, 2.05) is 37.3 Å². The van der Waals surface area contributed by atoms with E-state index in [4.69, 9.17) is 28.6 Å². The van der Waals surface area contributed by atoms with Crippen LogP contribution in [0.1, 0.15) is 17.3 Å². The molecule has 0 saturated heterocycles. The highest BCUT2D eigenvalue weighted by molar-refractivity contribution is 7.72. The van der Waals surface area contributed by atoms with Gasteiger partial charge in [0.05, 0.1) is 26.9 Å². The molecule has 0 aliphatic heterocycles. The summed E-state index contributed by atoms with van der Waals surface area (Å²) < 4.78 is 7.01. The Morgan fingerprint density at radius 3 is 2.73 bits per heavy atom. The summed E-state index contributed by atoms with van der Waals surface area (Å²) in [5.41, 5.74) is 2.97. The summed E-state index contributed by atoms with van der Waals surface area (Å²) in [7, 11) is 0. The first-order chi connectivity index (χ1) is 10.6. The number of fused-ring (bicyclic) bond motifs is 1. The van der Waals surface area contributed by atoms with Gasteiger partial charge in [0.1, 0.15) is 5.75 Å². The third-order valence-corrected chi connectivity index (χ3v) is 4.91. The number of rotatable bonds is 4. The van der Waals surface area contributed by atoms with Crippen molar-refractivity contribution < 1.29 is 9.53 Å². The van der Waals surface area contributed by atoms with Crippen LogP contribution in [0.15, 0.2) is 35.7 Å². The van der Waals surface area contributed by atoms with Gasteiger partial charge in [0, 0.05) is 11.1 Å². The Hall–Kier alpha value is -1.69. The van der Waals surface area contributed by atoms with E-state index in [-0.39, 0.29) is 0 Å². The van der Waals surface area contributed by atoms with E-state index in [1.54, 1.807) is 5.38 Å². The Labute approximate surface area is 141 Å². The fraction of sp³-hybridized carbons (Fsp3) is 0.125. The summed E-state index contributed by atoms with van der Waals surface area (Å²) >= 11 is 12.5. The molecule has 0 fully saturated rings. The maximum Gasteiger partial charge on any atom is 0.255 e. The van der Waals surface area contributed by atoms with E-state index < -0.39 is 5.24 Å². The molecule has 3 rings (SSSR count). The lowest BCUT2D eigenvalue weighted by atomic mass is 10.1. The molecule has 3 nitrogen and oxygen atoms in total. The molecule has 0 radical (unpaired) electrons. The van der Waals surface area contributed by atoms with Gasteiger partial charge < -0.3 is 9.72 Å². The molecule has 6 heteroatoms. The number of benzene rings is 1. The second-order valence-electron chi connectivity index (χ2n) is 4.63. The van der Waals surface area contributed by atoms with Crippen molar-refractivity contribution in [3.63, 3.8) is 0 Å². The van der Waals surface area contributed by atoms with Gasteiger partial charge >= 0.3 is 0 Å². The normalized spacial score (nSPS) is 10.8. The number of carbonyl (C=O) groups excluding carboxylic acids is 1. The first-order valence-corrected chi connectivity index (χ1v) is 8.34. The van der Waals surface area contributed by atoms with E-state index in [9.17, 15) is 4.79 Å². The van der Waals surface area contributed by atoms with Gasteiger partial charge in [0.25, 0.3) is 5.24 Å². The van der Waals surface area contributed by atoms with Gasteiger partial charge in [-0.05, 0) is 54.4 Å². The molecule has 1 N–H and O–H groups in total. The molecule has 2 aromatic heterocycles. The number of ether oxygens (including phenoxy) is 1. The smallest absolute Gasteiger partial charge is 0.255 e. The summed E-state index contributed by atoms with van der Waals surface area (Å²) in [6, 6.07) is 9.60. The Morgan fingerprint density at radius 1 is 1.36 bits per heavy atom. The van der Waals surface area contributed by atoms with Crippen LogP contribution in [0.3, 0.4) is 0 Å². The second-order valence-corrected chi connectivity index (χ2v) is 6.29. The van der Waals surface area contributed by atoms with Crippen LogP contribution in [0.4, 0.5) is 0 Å². The number of thiophene rings is 1. The van der Waals surface area contributed by atoms with Crippen LogP contribution in [0.2, 0.25) is 0 Å². The zero-order chi connectivity index (χ0) is 15.7. The second kappa shape index (κ2) is 6.20. The minimum atomic E-state index is -0.485. The Balaban J connectivity index is 2.12. The van der Waals surface area contributed by atoms with Crippen LogP contribution < -0.4 is 4.74 Å². The number of hydrogen-bond donors (Lipinski definition) is 1. The predicted molar refractivity (Wildman–Crippen MR) is 93.8 cm³/mol. The quantitative estimate of drug-likeness (QED) is 0.506. The number of halogens is 1. The molecule has 2 heterocycles. The zero-order valence-corrected chi connectivity index (χ0v) is 14.1. The summed E-state index contributed by atoms with van der Waals surface area (Å²) in [4.78, 5) is 14.8. The average molecular weight is 350 g/mol. The average Bonchev–Trinajstić information content (AvgIpc) is 2.93. The SMILES string of the molecule is CCOc1ccc(-c2cc(=S)c3scc(C(=O)Cl)c3[nH]2)cc1. The highest BCUT2D eigenvalue weighted by Crippen LogP contribution is 2.30. The van der Waals surface area contributed by atoms with Crippen molar-refractivity contribution in [1.82, 2.24) is 4.98 Å². The fourth-order valence-corrected chi connectivity index (χ4v) is 3.72. The maximum absolute atomic E-state index is 11.5. The number of hydrogen-bond acceptors (Lipinski definition) is 4. The molecule has 0 unspecified atom stereocenters. The van der Waals surface area contributed by atoms with Crippen molar-refractivity contribution in [2.75, 3.05) is 6.61 Å².